The van der Waals surface area contributed by atoms with Gasteiger partial charge in [0, 0.05) is 17.5 Å². The van der Waals surface area contributed by atoms with Crippen LogP contribution in [0.25, 0.3) is 5.65 Å². The van der Waals surface area contributed by atoms with E-state index < -0.39 is 0 Å². The summed E-state index contributed by atoms with van der Waals surface area (Å²) in [6.45, 7) is 5.84. The van der Waals surface area contributed by atoms with E-state index in [9.17, 15) is 4.79 Å². The lowest BCUT2D eigenvalue weighted by Gasteiger charge is -2.07. The Bertz CT molecular complexity index is 575. The lowest BCUT2D eigenvalue weighted by molar-refractivity contribution is 0.931. The van der Waals surface area contributed by atoms with Crippen LogP contribution in [-0.4, -0.2) is 9.38 Å². The van der Waals surface area contributed by atoms with Crippen LogP contribution in [0.1, 0.15) is 23.7 Å². The second kappa shape index (κ2) is 4.66. The SMILES string of the molecule is CCc1c(C)nc2c(C)cccn2c1=O.Cl. The summed E-state index contributed by atoms with van der Waals surface area (Å²) in [5.74, 6) is 0. The molecule has 0 atom stereocenters. The predicted octanol–water partition coefficient (Wildman–Crippen LogP) is 2.30. The summed E-state index contributed by atoms with van der Waals surface area (Å²) >= 11 is 0. The van der Waals surface area contributed by atoms with Gasteiger partial charge in [-0.25, -0.2) is 4.98 Å². The maximum Gasteiger partial charge on any atom is 0.261 e. The van der Waals surface area contributed by atoms with Crippen molar-refractivity contribution in [1.29, 1.82) is 0 Å². The molecule has 0 saturated heterocycles. The molecule has 0 aromatic carbocycles. The van der Waals surface area contributed by atoms with Crippen LogP contribution in [0.2, 0.25) is 0 Å². The van der Waals surface area contributed by atoms with Crippen LogP contribution in [0, 0.1) is 13.8 Å². The Kier molecular flexibility index (Phi) is 3.70. The number of hydrogen-bond donors (Lipinski definition) is 0. The second-order valence-electron chi connectivity index (χ2n) is 3.72. The molecule has 2 aromatic rings. The lowest BCUT2D eigenvalue weighted by Crippen LogP contribution is -2.21. The van der Waals surface area contributed by atoms with Gasteiger partial charge in [-0.05, 0) is 31.9 Å². The molecular formula is C12H15ClN2O. The molecule has 0 radical (unpaired) electrons. The van der Waals surface area contributed by atoms with Crippen molar-refractivity contribution in [3.05, 3.63) is 45.5 Å². The summed E-state index contributed by atoms with van der Waals surface area (Å²) in [6.07, 6.45) is 2.50. The van der Waals surface area contributed by atoms with Crippen molar-refractivity contribution in [2.24, 2.45) is 0 Å². The van der Waals surface area contributed by atoms with Gasteiger partial charge in [0.05, 0.1) is 0 Å². The van der Waals surface area contributed by atoms with Gasteiger partial charge in [-0.2, -0.15) is 0 Å². The first-order chi connectivity index (χ1) is 7.15. The van der Waals surface area contributed by atoms with Crippen LogP contribution < -0.4 is 5.56 Å². The monoisotopic (exact) mass is 238 g/mol. The zero-order chi connectivity index (χ0) is 11.0. The van der Waals surface area contributed by atoms with Gasteiger partial charge in [-0.3, -0.25) is 9.20 Å². The number of hydrogen-bond acceptors (Lipinski definition) is 2. The molecule has 0 fully saturated rings. The average molecular weight is 239 g/mol. The minimum absolute atomic E-state index is 0. The Balaban J connectivity index is 0.00000128. The number of pyridine rings is 1. The minimum atomic E-state index is 0. The first-order valence-corrected chi connectivity index (χ1v) is 5.12. The third-order valence-corrected chi connectivity index (χ3v) is 2.70. The molecule has 0 N–H and O–H groups in total. The number of halogens is 1. The molecule has 0 spiro atoms. The van der Waals surface area contributed by atoms with Crippen LogP contribution in [0.4, 0.5) is 0 Å². The van der Waals surface area contributed by atoms with Crippen molar-refractivity contribution in [2.75, 3.05) is 0 Å². The molecule has 2 aromatic heterocycles. The molecule has 0 amide bonds. The maximum absolute atomic E-state index is 12.1. The molecule has 0 aliphatic heterocycles. The fourth-order valence-corrected chi connectivity index (χ4v) is 1.85. The standard InChI is InChI=1S/C12H14N2O.ClH/c1-4-10-9(3)13-11-8(2)6-5-7-14(11)12(10)15;/h5-7H,4H2,1-3H3;1H. The fourth-order valence-electron chi connectivity index (χ4n) is 1.85. The van der Waals surface area contributed by atoms with Crippen LogP contribution >= 0.6 is 12.4 Å². The van der Waals surface area contributed by atoms with Gasteiger partial charge in [-0.15, -0.1) is 12.4 Å². The van der Waals surface area contributed by atoms with Crippen molar-refractivity contribution < 1.29 is 0 Å². The summed E-state index contributed by atoms with van der Waals surface area (Å²) in [4.78, 5) is 16.5. The molecule has 0 bridgehead atoms. The molecule has 4 heteroatoms. The van der Waals surface area contributed by atoms with Crippen LogP contribution in [-0.2, 0) is 6.42 Å². The molecule has 0 aliphatic carbocycles. The van der Waals surface area contributed by atoms with Crippen LogP contribution in [0.3, 0.4) is 0 Å². The van der Waals surface area contributed by atoms with E-state index in [1.165, 1.54) is 0 Å². The van der Waals surface area contributed by atoms with Crippen molar-refractivity contribution >= 4 is 18.1 Å². The highest BCUT2D eigenvalue weighted by atomic mass is 35.5. The Morgan fingerprint density at radius 1 is 1.38 bits per heavy atom. The summed E-state index contributed by atoms with van der Waals surface area (Å²) in [5.41, 5.74) is 3.50. The van der Waals surface area contributed by atoms with Crippen molar-refractivity contribution in [3.63, 3.8) is 0 Å². The third-order valence-electron chi connectivity index (χ3n) is 2.70. The zero-order valence-electron chi connectivity index (χ0n) is 9.65. The van der Waals surface area contributed by atoms with E-state index in [-0.39, 0.29) is 18.0 Å². The predicted molar refractivity (Wildman–Crippen MR) is 67.6 cm³/mol. The van der Waals surface area contributed by atoms with E-state index in [1.54, 1.807) is 10.6 Å². The summed E-state index contributed by atoms with van der Waals surface area (Å²) in [5, 5.41) is 0. The Morgan fingerprint density at radius 2 is 2.06 bits per heavy atom. The normalized spacial score (nSPS) is 10.2. The highest BCUT2D eigenvalue weighted by Crippen LogP contribution is 2.08. The van der Waals surface area contributed by atoms with Crippen molar-refractivity contribution in [3.8, 4) is 0 Å². The van der Waals surface area contributed by atoms with E-state index >= 15 is 0 Å². The van der Waals surface area contributed by atoms with E-state index in [2.05, 4.69) is 4.98 Å². The van der Waals surface area contributed by atoms with Gasteiger partial charge in [0.2, 0.25) is 0 Å². The molecule has 86 valence electrons. The van der Waals surface area contributed by atoms with Gasteiger partial charge >= 0.3 is 0 Å². The Labute approximate surface area is 101 Å². The molecular weight excluding hydrogens is 224 g/mol. The van der Waals surface area contributed by atoms with E-state index in [0.29, 0.717) is 0 Å². The van der Waals surface area contributed by atoms with Gasteiger partial charge in [0.25, 0.3) is 5.56 Å². The Morgan fingerprint density at radius 3 is 2.69 bits per heavy atom. The quantitative estimate of drug-likeness (QED) is 0.764. The van der Waals surface area contributed by atoms with Gasteiger partial charge in [-0.1, -0.05) is 13.0 Å². The number of rotatable bonds is 1. The fraction of sp³-hybridized carbons (Fsp3) is 0.333. The van der Waals surface area contributed by atoms with E-state index in [1.807, 2.05) is 32.9 Å². The van der Waals surface area contributed by atoms with Gasteiger partial charge < -0.3 is 0 Å². The highest BCUT2D eigenvalue weighted by molar-refractivity contribution is 5.85. The topological polar surface area (TPSA) is 34.4 Å². The molecule has 0 unspecified atom stereocenters. The first-order valence-electron chi connectivity index (χ1n) is 5.12. The lowest BCUT2D eigenvalue weighted by atomic mass is 10.2. The molecule has 0 aliphatic rings. The van der Waals surface area contributed by atoms with E-state index in [0.717, 1.165) is 28.9 Å². The third kappa shape index (κ3) is 1.83. The molecule has 2 heterocycles. The minimum Gasteiger partial charge on any atom is -0.269 e. The van der Waals surface area contributed by atoms with Gasteiger partial charge in [0.15, 0.2) is 0 Å². The maximum atomic E-state index is 12.1. The highest BCUT2D eigenvalue weighted by Gasteiger charge is 2.08. The van der Waals surface area contributed by atoms with Crippen LogP contribution in [0.5, 0.6) is 0 Å². The average Bonchev–Trinajstić information content (AvgIpc) is 2.20. The van der Waals surface area contributed by atoms with E-state index in [4.69, 9.17) is 0 Å². The van der Waals surface area contributed by atoms with Crippen LogP contribution in [0.15, 0.2) is 23.1 Å². The summed E-state index contributed by atoms with van der Waals surface area (Å²) < 4.78 is 1.63. The number of aromatic nitrogens is 2. The second-order valence-corrected chi connectivity index (χ2v) is 3.72. The van der Waals surface area contributed by atoms with Crippen molar-refractivity contribution in [2.45, 2.75) is 27.2 Å². The molecule has 3 nitrogen and oxygen atoms in total. The van der Waals surface area contributed by atoms with Gasteiger partial charge in [0.1, 0.15) is 5.65 Å². The molecule has 16 heavy (non-hydrogen) atoms. The molecule has 0 saturated carbocycles. The number of aryl methyl sites for hydroxylation is 2. The van der Waals surface area contributed by atoms with Crippen molar-refractivity contribution in [1.82, 2.24) is 9.38 Å². The number of nitrogens with zero attached hydrogens (tertiary/aromatic N) is 2. The first kappa shape index (κ1) is 12.7. The summed E-state index contributed by atoms with van der Waals surface area (Å²) in [7, 11) is 0. The smallest absolute Gasteiger partial charge is 0.261 e. The zero-order valence-corrected chi connectivity index (χ0v) is 10.5. The Hall–Kier alpha value is -1.35. The molecule has 2 rings (SSSR count). The summed E-state index contributed by atoms with van der Waals surface area (Å²) in [6, 6.07) is 3.84. The largest absolute Gasteiger partial charge is 0.269 e. The number of fused-ring (bicyclic) bond motifs is 1.